The van der Waals surface area contributed by atoms with Gasteiger partial charge >= 0.3 is 5.97 Å². The lowest BCUT2D eigenvalue weighted by Crippen LogP contribution is -2.10. The van der Waals surface area contributed by atoms with Crippen LogP contribution >= 0.6 is 23.4 Å². The van der Waals surface area contributed by atoms with Crippen LogP contribution in [0, 0.1) is 0 Å². The number of thioether (sulfide) groups is 1. The fourth-order valence-corrected chi connectivity index (χ4v) is 2.76. The Morgan fingerprint density at radius 1 is 1.28 bits per heavy atom. The maximum atomic E-state index is 11.1. The molecule has 0 aromatic carbocycles. The van der Waals surface area contributed by atoms with E-state index in [1.165, 1.54) is 6.92 Å². The van der Waals surface area contributed by atoms with E-state index in [4.69, 9.17) is 16.3 Å². The smallest absolute Gasteiger partial charge is 0.305 e. The molecule has 0 aromatic heterocycles. The molecule has 0 saturated carbocycles. The van der Waals surface area contributed by atoms with Gasteiger partial charge in [0, 0.05) is 25.0 Å². The van der Waals surface area contributed by atoms with Crippen LogP contribution in [0.4, 0.5) is 0 Å². The third-order valence-electron chi connectivity index (χ3n) is 2.18. The van der Waals surface area contributed by atoms with Gasteiger partial charge in [0.15, 0.2) is 5.12 Å². The van der Waals surface area contributed by atoms with Crippen molar-refractivity contribution >= 4 is 39.7 Å². The van der Waals surface area contributed by atoms with Crippen LogP contribution in [0.1, 0.15) is 46.0 Å². The molecule has 6 heteroatoms. The van der Waals surface area contributed by atoms with Gasteiger partial charge in [-0.1, -0.05) is 18.2 Å². The molecule has 0 heterocycles. The summed E-state index contributed by atoms with van der Waals surface area (Å²) < 4.78 is 4.80. The second-order valence-electron chi connectivity index (χ2n) is 3.84. The summed E-state index contributed by atoms with van der Waals surface area (Å²) in [6.07, 6.45) is 2.73. The lowest BCUT2D eigenvalue weighted by molar-refractivity contribution is -0.143. The van der Waals surface area contributed by atoms with Crippen LogP contribution in [-0.4, -0.2) is 28.2 Å². The number of unbranched alkanes of at least 4 members (excludes halogenated alkanes) is 1. The zero-order valence-corrected chi connectivity index (χ0v) is 12.3. The monoisotopic (exact) mass is 294 g/mol. The normalized spacial score (nSPS) is 11.9. The van der Waals surface area contributed by atoms with Crippen LogP contribution in [-0.2, 0) is 19.1 Å². The number of rotatable bonds is 9. The molecule has 4 nitrogen and oxygen atoms in total. The van der Waals surface area contributed by atoms with Crippen LogP contribution in [0.5, 0.6) is 0 Å². The number of ether oxygens (including phenoxy) is 1. The first-order valence-electron chi connectivity index (χ1n) is 5.96. The van der Waals surface area contributed by atoms with E-state index >= 15 is 0 Å². The van der Waals surface area contributed by atoms with Crippen molar-refractivity contribution in [1.82, 2.24) is 0 Å². The molecule has 0 radical (unpaired) electrons. The molecule has 1 atom stereocenters. The molecular weight excluding hydrogens is 276 g/mol. The van der Waals surface area contributed by atoms with Crippen molar-refractivity contribution in [2.24, 2.45) is 0 Å². The zero-order chi connectivity index (χ0) is 14.0. The van der Waals surface area contributed by atoms with Gasteiger partial charge in [0.1, 0.15) is 0 Å². The van der Waals surface area contributed by atoms with Crippen LogP contribution < -0.4 is 0 Å². The van der Waals surface area contributed by atoms with Crippen molar-refractivity contribution in [3.05, 3.63) is 0 Å². The summed E-state index contributed by atoms with van der Waals surface area (Å²) in [7, 11) is 0. The SMILES string of the molecule is CCOC(=O)CCCCC(CC(=O)Cl)SC(C)=O. The molecule has 0 amide bonds. The minimum atomic E-state index is -0.431. The van der Waals surface area contributed by atoms with Crippen molar-refractivity contribution in [1.29, 1.82) is 0 Å². The predicted molar refractivity (Wildman–Crippen MR) is 72.6 cm³/mol. The van der Waals surface area contributed by atoms with Crippen molar-refractivity contribution in [3.63, 3.8) is 0 Å². The fraction of sp³-hybridized carbons (Fsp3) is 0.750. The van der Waals surface area contributed by atoms with Crippen molar-refractivity contribution in [2.45, 2.75) is 51.2 Å². The van der Waals surface area contributed by atoms with Gasteiger partial charge in [-0.2, -0.15) is 0 Å². The van der Waals surface area contributed by atoms with Gasteiger partial charge in [0.25, 0.3) is 0 Å². The highest BCUT2D eigenvalue weighted by molar-refractivity contribution is 8.14. The number of halogens is 1. The lowest BCUT2D eigenvalue weighted by atomic mass is 10.1. The van der Waals surface area contributed by atoms with E-state index in [2.05, 4.69) is 0 Å². The second kappa shape index (κ2) is 10.4. The van der Waals surface area contributed by atoms with E-state index in [1.54, 1.807) is 6.92 Å². The van der Waals surface area contributed by atoms with Gasteiger partial charge in [-0.25, -0.2) is 0 Å². The van der Waals surface area contributed by atoms with Gasteiger partial charge in [0.2, 0.25) is 5.24 Å². The average molecular weight is 295 g/mol. The summed E-state index contributed by atoms with van der Waals surface area (Å²) >= 11 is 6.46. The van der Waals surface area contributed by atoms with Crippen LogP contribution in [0.25, 0.3) is 0 Å². The minimum Gasteiger partial charge on any atom is -0.466 e. The Morgan fingerprint density at radius 3 is 2.44 bits per heavy atom. The average Bonchev–Trinajstić information content (AvgIpc) is 2.23. The largest absolute Gasteiger partial charge is 0.466 e. The van der Waals surface area contributed by atoms with Crippen molar-refractivity contribution < 1.29 is 19.1 Å². The molecule has 0 N–H and O–H groups in total. The topological polar surface area (TPSA) is 60.4 Å². The van der Waals surface area contributed by atoms with E-state index in [1.807, 2.05) is 0 Å². The Bertz CT molecular complexity index is 278. The van der Waals surface area contributed by atoms with Gasteiger partial charge in [-0.05, 0) is 31.4 Å². The molecule has 0 rings (SSSR count). The first-order chi connectivity index (χ1) is 8.45. The Kier molecular flexibility index (Phi) is 10.1. The van der Waals surface area contributed by atoms with Gasteiger partial charge in [-0.3, -0.25) is 14.4 Å². The first kappa shape index (κ1) is 17.4. The Morgan fingerprint density at radius 2 is 1.94 bits per heavy atom. The lowest BCUT2D eigenvalue weighted by Gasteiger charge is -2.12. The van der Waals surface area contributed by atoms with Crippen molar-refractivity contribution in [2.75, 3.05) is 6.61 Å². The standard InChI is InChI=1S/C12H19ClO4S/c1-3-17-12(16)7-5-4-6-10(8-11(13)15)18-9(2)14/h10H,3-8H2,1-2H3. The van der Waals surface area contributed by atoms with Crippen LogP contribution in [0.2, 0.25) is 0 Å². The highest BCUT2D eigenvalue weighted by atomic mass is 35.5. The quantitative estimate of drug-likeness (QED) is 0.372. The van der Waals surface area contributed by atoms with Crippen molar-refractivity contribution in [3.8, 4) is 0 Å². The minimum absolute atomic E-state index is 0.0247. The zero-order valence-electron chi connectivity index (χ0n) is 10.7. The van der Waals surface area contributed by atoms with E-state index in [9.17, 15) is 14.4 Å². The van der Waals surface area contributed by atoms with E-state index < -0.39 is 5.24 Å². The molecule has 0 bridgehead atoms. The first-order valence-corrected chi connectivity index (χ1v) is 7.22. The van der Waals surface area contributed by atoms with E-state index in [-0.39, 0.29) is 22.8 Å². The Labute approximate surface area is 117 Å². The molecule has 18 heavy (non-hydrogen) atoms. The summed E-state index contributed by atoms with van der Waals surface area (Å²) in [6, 6.07) is 0. The molecule has 1 unspecified atom stereocenters. The highest BCUT2D eigenvalue weighted by Crippen LogP contribution is 2.22. The van der Waals surface area contributed by atoms with Crippen LogP contribution in [0.3, 0.4) is 0 Å². The van der Waals surface area contributed by atoms with E-state index in [0.29, 0.717) is 25.9 Å². The molecular formula is C12H19ClO4S. The molecule has 0 aliphatic rings. The molecule has 0 spiro atoms. The maximum absolute atomic E-state index is 11.1. The second-order valence-corrected chi connectivity index (χ2v) is 5.74. The number of hydrogen-bond acceptors (Lipinski definition) is 5. The molecule has 0 aliphatic heterocycles. The number of hydrogen-bond donors (Lipinski definition) is 0. The molecule has 0 aliphatic carbocycles. The summed E-state index contributed by atoms with van der Waals surface area (Å²) in [5.74, 6) is -0.207. The number of carbonyl (C=O) groups is 3. The summed E-state index contributed by atoms with van der Waals surface area (Å²) in [5, 5.41) is -0.544. The van der Waals surface area contributed by atoms with Crippen LogP contribution in [0.15, 0.2) is 0 Å². The maximum Gasteiger partial charge on any atom is 0.305 e. The number of carbonyl (C=O) groups excluding carboxylic acids is 3. The Balaban J connectivity index is 3.85. The Hall–Kier alpha value is -0.550. The third kappa shape index (κ3) is 10.6. The summed E-state index contributed by atoms with van der Waals surface area (Å²) in [6.45, 7) is 3.63. The van der Waals surface area contributed by atoms with Gasteiger partial charge < -0.3 is 4.74 Å². The van der Waals surface area contributed by atoms with Gasteiger partial charge in [0.05, 0.1) is 6.61 Å². The number of esters is 1. The predicted octanol–water partition coefficient (Wildman–Crippen LogP) is 2.91. The molecule has 0 aromatic rings. The fourth-order valence-electron chi connectivity index (χ4n) is 1.49. The summed E-state index contributed by atoms with van der Waals surface area (Å²) in [4.78, 5) is 32.9. The molecule has 0 saturated heterocycles. The summed E-state index contributed by atoms with van der Waals surface area (Å²) in [5.41, 5.74) is 0. The third-order valence-corrected chi connectivity index (χ3v) is 3.41. The van der Waals surface area contributed by atoms with E-state index in [0.717, 1.165) is 18.2 Å². The highest BCUT2D eigenvalue weighted by Gasteiger charge is 2.15. The van der Waals surface area contributed by atoms with Gasteiger partial charge in [-0.15, -0.1) is 0 Å². The molecule has 0 fully saturated rings. The molecule has 104 valence electrons.